The molecule has 0 bridgehead atoms. The largest absolute Gasteiger partial charge is 0.497 e. The molecule has 1 aliphatic rings. The second-order valence-corrected chi connectivity index (χ2v) is 7.96. The van der Waals surface area contributed by atoms with Crippen molar-refractivity contribution in [3.63, 3.8) is 0 Å². The van der Waals surface area contributed by atoms with Crippen LogP contribution in [0, 0.1) is 0 Å². The number of nitrogens with zero attached hydrogens (tertiary/aromatic N) is 3. The Kier molecular flexibility index (Phi) is 7.10. The average Bonchev–Trinajstić information content (AvgIpc) is 3.37. The van der Waals surface area contributed by atoms with E-state index in [1.165, 1.54) is 15.4 Å². The number of aryl methyl sites for hydroxylation is 1. The second-order valence-electron chi connectivity index (χ2n) is 6.76. The van der Waals surface area contributed by atoms with Gasteiger partial charge >= 0.3 is 0 Å². The van der Waals surface area contributed by atoms with Crippen molar-refractivity contribution in [2.75, 3.05) is 33.3 Å². The van der Waals surface area contributed by atoms with Crippen LogP contribution in [0.1, 0.15) is 41.6 Å². The molecule has 1 aromatic heterocycles. The van der Waals surface area contributed by atoms with Crippen LogP contribution in [0.3, 0.4) is 0 Å². The summed E-state index contributed by atoms with van der Waals surface area (Å²) in [6, 6.07) is 8.47. The highest BCUT2D eigenvalue weighted by molar-refractivity contribution is 7.11. The van der Waals surface area contributed by atoms with Crippen LogP contribution in [0.25, 0.3) is 0 Å². The van der Waals surface area contributed by atoms with E-state index in [4.69, 9.17) is 9.73 Å². The SMILES string of the molecule is CCNC(=NCCc1ncc(CC)s1)N1CCC(c2ccc(OC)cc2)C1. The third kappa shape index (κ3) is 5.22. The topological polar surface area (TPSA) is 49.8 Å². The van der Waals surface area contributed by atoms with E-state index in [-0.39, 0.29) is 0 Å². The van der Waals surface area contributed by atoms with Crippen LogP contribution in [0.15, 0.2) is 35.5 Å². The van der Waals surface area contributed by atoms with Crippen molar-refractivity contribution in [3.8, 4) is 5.75 Å². The predicted molar refractivity (Wildman–Crippen MR) is 113 cm³/mol. The number of aliphatic imine (C=N–C) groups is 1. The number of benzene rings is 1. The highest BCUT2D eigenvalue weighted by Crippen LogP contribution is 2.28. The van der Waals surface area contributed by atoms with Gasteiger partial charge in [0.05, 0.1) is 12.1 Å². The Balaban J connectivity index is 1.58. The third-order valence-electron chi connectivity index (χ3n) is 4.95. The van der Waals surface area contributed by atoms with Gasteiger partial charge in [0.15, 0.2) is 5.96 Å². The first-order valence-electron chi connectivity index (χ1n) is 9.84. The molecule has 1 N–H and O–H groups in total. The van der Waals surface area contributed by atoms with Gasteiger partial charge in [0.2, 0.25) is 0 Å². The molecule has 5 nitrogen and oxygen atoms in total. The molecule has 0 amide bonds. The van der Waals surface area contributed by atoms with E-state index in [0.29, 0.717) is 5.92 Å². The van der Waals surface area contributed by atoms with Crippen molar-refractivity contribution in [1.82, 2.24) is 15.2 Å². The van der Waals surface area contributed by atoms with E-state index in [9.17, 15) is 0 Å². The maximum absolute atomic E-state index is 5.27. The lowest BCUT2D eigenvalue weighted by Crippen LogP contribution is -2.40. The predicted octanol–water partition coefficient (Wildman–Crippen LogP) is 3.71. The molecule has 1 fully saturated rings. The summed E-state index contributed by atoms with van der Waals surface area (Å²) >= 11 is 1.81. The molecule has 0 aliphatic carbocycles. The van der Waals surface area contributed by atoms with E-state index >= 15 is 0 Å². The van der Waals surface area contributed by atoms with Crippen molar-refractivity contribution in [2.24, 2.45) is 4.99 Å². The molecule has 0 spiro atoms. The fourth-order valence-corrected chi connectivity index (χ4v) is 4.26. The summed E-state index contributed by atoms with van der Waals surface area (Å²) in [7, 11) is 1.71. The molecular weight excluding hydrogens is 356 g/mol. The Labute approximate surface area is 166 Å². The molecule has 1 unspecified atom stereocenters. The number of methoxy groups -OCH3 is 1. The Bertz CT molecular complexity index is 741. The lowest BCUT2D eigenvalue weighted by Gasteiger charge is -2.21. The molecule has 6 heteroatoms. The van der Waals surface area contributed by atoms with Crippen LogP contribution in [0.2, 0.25) is 0 Å². The van der Waals surface area contributed by atoms with Gasteiger partial charge in [-0.2, -0.15) is 0 Å². The van der Waals surface area contributed by atoms with Crippen LogP contribution in [0.4, 0.5) is 0 Å². The lowest BCUT2D eigenvalue weighted by atomic mass is 9.98. The van der Waals surface area contributed by atoms with Gasteiger partial charge in [-0.1, -0.05) is 19.1 Å². The minimum Gasteiger partial charge on any atom is -0.497 e. The molecule has 146 valence electrons. The fraction of sp³-hybridized carbons (Fsp3) is 0.524. The molecule has 27 heavy (non-hydrogen) atoms. The van der Waals surface area contributed by atoms with Gasteiger partial charge in [0.1, 0.15) is 5.75 Å². The summed E-state index contributed by atoms with van der Waals surface area (Å²) in [6.45, 7) is 8.02. The van der Waals surface area contributed by atoms with E-state index in [2.05, 4.69) is 53.3 Å². The Morgan fingerprint density at radius 2 is 2.15 bits per heavy atom. The average molecular weight is 387 g/mol. The summed E-state index contributed by atoms with van der Waals surface area (Å²) in [5.41, 5.74) is 1.38. The molecule has 1 saturated heterocycles. The van der Waals surface area contributed by atoms with Gasteiger partial charge in [0.25, 0.3) is 0 Å². The van der Waals surface area contributed by atoms with E-state index in [1.54, 1.807) is 18.4 Å². The number of likely N-dealkylation sites (tertiary alicyclic amines) is 1. The van der Waals surface area contributed by atoms with Crippen molar-refractivity contribution in [3.05, 3.63) is 45.9 Å². The van der Waals surface area contributed by atoms with Crippen LogP contribution >= 0.6 is 11.3 Å². The Hall–Kier alpha value is -2.08. The quantitative estimate of drug-likeness (QED) is 0.582. The molecule has 0 radical (unpaired) electrons. The maximum Gasteiger partial charge on any atom is 0.193 e. The van der Waals surface area contributed by atoms with Gasteiger partial charge in [-0.15, -0.1) is 11.3 Å². The minimum absolute atomic E-state index is 0.547. The number of thiazole rings is 1. The van der Waals surface area contributed by atoms with Gasteiger partial charge in [-0.3, -0.25) is 4.99 Å². The zero-order chi connectivity index (χ0) is 19.1. The first-order chi connectivity index (χ1) is 13.2. The zero-order valence-electron chi connectivity index (χ0n) is 16.6. The number of guanidine groups is 1. The van der Waals surface area contributed by atoms with Gasteiger partial charge < -0.3 is 15.0 Å². The molecule has 1 aliphatic heterocycles. The van der Waals surface area contributed by atoms with E-state index in [0.717, 1.165) is 57.2 Å². The van der Waals surface area contributed by atoms with Crippen molar-refractivity contribution >= 4 is 17.3 Å². The summed E-state index contributed by atoms with van der Waals surface area (Å²) in [4.78, 5) is 13.1. The summed E-state index contributed by atoms with van der Waals surface area (Å²) < 4.78 is 5.27. The first-order valence-corrected chi connectivity index (χ1v) is 10.7. The van der Waals surface area contributed by atoms with Crippen LogP contribution in [-0.2, 0) is 12.8 Å². The molecule has 0 saturated carbocycles. The van der Waals surface area contributed by atoms with E-state index in [1.807, 2.05) is 6.20 Å². The van der Waals surface area contributed by atoms with Gasteiger partial charge in [-0.05, 0) is 37.5 Å². The highest BCUT2D eigenvalue weighted by atomic mass is 32.1. The Morgan fingerprint density at radius 3 is 2.81 bits per heavy atom. The molecule has 2 aromatic rings. The fourth-order valence-electron chi connectivity index (χ4n) is 3.41. The minimum atomic E-state index is 0.547. The standard InChI is InChI=1S/C21H30N4OS/c1-4-19-14-24-20(27-19)10-12-23-21(22-5-2)25-13-11-17(15-25)16-6-8-18(26-3)9-7-16/h6-9,14,17H,4-5,10-13,15H2,1-3H3,(H,22,23). The maximum atomic E-state index is 5.27. The van der Waals surface area contributed by atoms with Crippen molar-refractivity contribution in [1.29, 1.82) is 0 Å². The number of nitrogens with one attached hydrogen (secondary N) is 1. The van der Waals surface area contributed by atoms with Crippen LogP contribution < -0.4 is 10.1 Å². The zero-order valence-corrected chi connectivity index (χ0v) is 17.4. The van der Waals surface area contributed by atoms with Crippen LogP contribution in [-0.4, -0.2) is 49.1 Å². The number of hydrogen-bond acceptors (Lipinski definition) is 4. The molecule has 3 rings (SSSR count). The normalized spacial score (nSPS) is 17.4. The van der Waals surface area contributed by atoms with Crippen molar-refractivity contribution < 1.29 is 4.74 Å². The van der Waals surface area contributed by atoms with E-state index < -0.39 is 0 Å². The molecule has 1 aromatic carbocycles. The Morgan fingerprint density at radius 1 is 1.33 bits per heavy atom. The molecular formula is C21H30N4OS. The van der Waals surface area contributed by atoms with Gasteiger partial charge in [0, 0.05) is 49.6 Å². The number of aromatic nitrogens is 1. The first kappa shape index (κ1) is 19.7. The number of hydrogen-bond donors (Lipinski definition) is 1. The monoisotopic (exact) mass is 386 g/mol. The smallest absolute Gasteiger partial charge is 0.193 e. The summed E-state index contributed by atoms with van der Waals surface area (Å²) in [6.07, 6.45) is 5.12. The lowest BCUT2D eigenvalue weighted by molar-refractivity contribution is 0.414. The number of ether oxygens (including phenoxy) is 1. The number of rotatable bonds is 7. The molecule has 1 atom stereocenters. The summed E-state index contributed by atoms with van der Waals surface area (Å²) in [5, 5.41) is 4.64. The van der Waals surface area contributed by atoms with Crippen LogP contribution in [0.5, 0.6) is 5.75 Å². The van der Waals surface area contributed by atoms with Crippen molar-refractivity contribution in [2.45, 2.75) is 39.0 Å². The highest BCUT2D eigenvalue weighted by Gasteiger charge is 2.26. The summed E-state index contributed by atoms with van der Waals surface area (Å²) in [5.74, 6) is 2.49. The molecule has 2 heterocycles. The van der Waals surface area contributed by atoms with Gasteiger partial charge in [-0.25, -0.2) is 4.98 Å². The third-order valence-corrected chi connectivity index (χ3v) is 6.15. The second kappa shape index (κ2) is 9.74.